The number of hydrogen-bond acceptors (Lipinski definition) is 3. The van der Waals surface area contributed by atoms with Crippen LogP contribution in [0.25, 0.3) is 0 Å². The van der Waals surface area contributed by atoms with Gasteiger partial charge >= 0.3 is 0 Å². The van der Waals surface area contributed by atoms with Gasteiger partial charge in [0.05, 0.1) is 6.10 Å². The van der Waals surface area contributed by atoms with E-state index in [9.17, 15) is 0 Å². The molecule has 0 spiro atoms. The van der Waals surface area contributed by atoms with Crippen LogP contribution < -0.4 is 5.32 Å². The summed E-state index contributed by atoms with van der Waals surface area (Å²) in [5, 5.41) is 10.5. The maximum atomic E-state index is 7.00. The third-order valence-electron chi connectivity index (χ3n) is 5.33. The molecule has 3 nitrogen and oxygen atoms in total. The van der Waals surface area contributed by atoms with Crippen LogP contribution in [-0.2, 0) is 17.6 Å². The number of aliphatic hydroxyl groups excluding tert-OH is 1. The van der Waals surface area contributed by atoms with Crippen molar-refractivity contribution in [2.24, 2.45) is 5.92 Å². The highest BCUT2D eigenvalue weighted by Crippen LogP contribution is 2.23. The summed E-state index contributed by atoms with van der Waals surface area (Å²) in [7, 11) is 1.00. The molecule has 1 unspecified atom stereocenters. The molecule has 0 saturated heterocycles. The van der Waals surface area contributed by atoms with Crippen LogP contribution in [0.1, 0.15) is 104 Å². The van der Waals surface area contributed by atoms with E-state index in [0.29, 0.717) is 12.1 Å². The van der Waals surface area contributed by atoms with E-state index in [2.05, 4.69) is 71.1 Å². The molecule has 1 saturated carbocycles. The Morgan fingerprint density at radius 3 is 2.06 bits per heavy atom. The fraction of sp³-hybridized carbons (Fsp3) is 0.786. The van der Waals surface area contributed by atoms with Gasteiger partial charge in [-0.3, -0.25) is 0 Å². The van der Waals surface area contributed by atoms with Gasteiger partial charge in [0.1, 0.15) is 0 Å². The first-order chi connectivity index (χ1) is 14.9. The zero-order valence-electron chi connectivity index (χ0n) is 21.8. The minimum absolute atomic E-state index is 0.465. The molecule has 0 aliphatic heterocycles. The maximum absolute atomic E-state index is 7.00. The van der Waals surface area contributed by atoms with Gasteiger partial charge in [-0.2, -0.15) is 0 Å². The molecule has 2 N–H and O–H groups in total. The monoisotopic (exact) mass is 435 g/mol. The van der Waals surface area contributed by atoms with Gasteiger partial charge < -0.3 is 15.2 Å². The lowest BCUT2D eigenvalue weighted by Gasteiger charge is -2.24. The summed E-state index contributed by atoms with van der Waals surface area (Å²) in [5.41, 5.74) is 3.02. The minimum atomic E-state index is 0.465. The zero-order valence-corrected chi connectivity index (χ0v) is 21.8. The van der Waals surface area contributed by atoms with Crippen LogP contribution in [0.4, 0.5) is 0 Å². The lowest BCUT2D eigenvalue weighted by molar-refractivity contribution is 0.0419. The summed E-state index contributed by atoms with van der Waals surface area (Å²) in [6.07, 6.45) is 13.4. The van der Waals surface area contributed by atoms with Crippen LogP contribution >= 0.6 is 0 Å². The number of aliphatic hydroxyl groups is 1. The molecule has 2 aliphatic rings. The van der Waals surface area contributed by atoms with Gasteiger partial charge in [-0.25, -0.2) is 0 Å². The van der Waals surface area contributed by atoms with E-state index in [1.54, 1.807) is 0 Å². The fourth-order valence-corrected chi connectivity index (χ4v) is 3.97. The quantitative estimate of drug-likeness (QED) is 0.455. The molecule has 31 heavy (non-hydrogen) atoms. The normalized spacial score (nSPS) is 17.7. The molecule has 0 radical (unpaired) electrons. The molecule has 0 heterocycles. The molecule has 1 fully saturated rings. The van der Waals surface area contributed by atoms with Crippen LogP contribution in [-0.4, -0.2) is 37.0 Å². The lowest BCUT2D eigenvalue weighted by Crippen LogP contribution is -2.32. The Morgan fingerprint density at radius 2 is 1.52 bits per heavy atom. The van der Waals surface area contributed by atoms with Gasteiger partial charge in [-0.1, -0.05) is 91.5 Å². The Labute approximate surface area is 194 Å². The third kappa shape index (κ3) is 16.4. The van der Waals surface area contributed by atoms with Crippen LogP contribution in [0.3, 0.4) is 0 Å². The molecular formula is C28H53NO2. The lowest BCUT2D eigenvalue weighted by atomic mass is 9.90. The van der Waals surface area contributed by atoms with E-state index in [4.69, 9.17) is 9.84 Å². The van der Waals surface area contributed by atoms with E-state index >= 15 is 0 Å². The van der Waals surface area contributed by atoms with Gasteiger partial charge in [0.25, 0.3) is 0 Å². The van der Waals surface area contributed by atoms with Crippen molar-refractivity contribution in [3.63, 3.8) is 0 Å². The number of rotatable bonds is 7. The van der Waals surface area contributed by atoms with Crippen molar-refractivity contribution < 1.29 is 9.84 Å². The van der Waals surface area contributed by atoms with Crippen LogP contribution in [0.15, 0.2) is 24.3 Å². The van der Waals surface area contributed by atoms with Crippen LogP contribution in [0.2, 0.25) is 0 Å². The molecule has 1 aromatic carbocycles. The second-order valence-corrected chi connectivity index (χ2v) is 9.75. The predicted molar refractivity (Wildman–Crippen MR) is 137 cm³/mol. The molecule has 1 aromatic rings. The van der Waals surface area contributed by atoms with Crippen molar-refractivity contribution in [1.82, 2.24) is 5.32 Å². The molecule has 182 valence electrons. The first-order valence-electron chi connectivity index (χ1n) is 12.8. The predicted octanol–water partition coefficient (Wildman–Crippen LogP) is 6.95. The molecule has 3 rings (SSSR count). The second kappa shape index (κ2) is 19.8. The molecule has 1 atom stereocenters. The van der Waals surface area contributed by atoms with Crippen molar-refractivity contribution in [1.29, 1.82) is 0 Å². The number of benzene rings is 1. The number of ether oxygens (including phenoxy) is 1. The standard InChI is InChI=1S/C15H22O.C8H17N.C4H10.CH4O/c1-2-3-6-11-16-15-10-9-13-7-4-5-8-14(13)12-15;1-7(2)9-8-5-3-4-6-8;1-4(2)3;1-2/h4-5,7-8,15H,2-3,6,9-12H2,1H3;7-9H,3-6H2,1-2H3;4H,1-3H3;2H,1H3. The first kappa shape index (κ1) is 30.1. The molecular weight excluding hydrogens is 382 g/mol. The van der Waals surface area contributed by atoms with Gasteiger partial charge in [0.2, 0.25) is 0 Å². The van der Waals surface area contributed by atoms with E-state index in [1.807, 2.05) is 0 Å². The Bertz CT molecular complexity index is 507. The van der Waals surface area contributed by atoms with E-state index in [0.717, 1.165) is 32.1 Å². The van der Waals surface area contributed by atoms with Crippen LogP contribution in [0, 0.1) is 5.92 Å². The Hall–Kier alpha value is -0.900. The number of aryl methyl sites for hydroxylation is 1. The smallest absolute Gasteiger partial charge is 0.0618 e. The average Bonchev–Trinajstić information content (AvgIpc) is 3.25. The summed E-state index contributed by atoms with van der Waals surface area (Å²) < 4.78 is 5.94. The molecule has 0 aromatic heterocycles. The third-order valence-corrected chi connectivity index (χ3v) is 5.33. The molecule has 0 amide bonds. The highest BCUT2D eigenvalue weighted by atomic mass is 16.5. The highest BCUT2D eigenvalue weighted by molar-refractivity contribution is 5.29. The summed E-state index contributed by atoms with van der Waals surface area (Å²) in [6, 6.07) is 10.3. The van der Waals surface area contributed by atoms with Gasteiger partial charge in [-0.15, -0.1) is 0 Å². The highest BCUT2D eigenvalue weighted by Gasteiger charge is 2.18. The second-order valence-electron chi connectivity index (χ2n) is 9.75. The van der Waals surface area contributed by atoms with E-state index < -0.39 is 0 Å². The Kier molecular flexibility index (Phi) is 19.2. The summed E-state index contributed by atoms with van der Waals surface area (Å²) in [5.74, 6) is 0.833. The first-order valence-corrected chi connectivity index (χ1v) is 12.8. The van der Waals surface area contributed by atoms with E-state index in [-0.39, 0.29) is 0 Å². The molecule has 3 heteroatoms. The van der Waals surface area contributed by atoms with Crippen molar-refractivity contribution in [2.75, 3.05) is 13.7 Å². The number of nitrogens with one attached hydrogen (secondary N) is 1. The van der Waals surface area contributed by atoms with Crippen molar-refractivity contribution >= 4 is 0 Å². The average molecular weight is 436 g/mol. The molecule has 0 bridgehead atoms. The van der Waals surface area contributed by atoms with Crippen LogP contribution in [0.5, 0.6) is 0 Å². The number of fused-ring (bicyclic) bond motifs is 1. The summed E-state index contributed by atoms with van der Waals surface area (Å²) in [6.45, 7) is 14.1. The fourth-order valence-electron chi connectivity index (χ4n) is 3.97. The Morgan fingerprint density at radius 1 is 0.935 bits per heavy atom. The SMILES string of the molecule is CC(C)C.CC(C)NC1CCCC1.CCCCCOC1CCc2ccccc2C1.CO. The van der Waals surface area contributed by atoms with Crippen molar-refractivity contribution in [3.8, 4) is 0 Å². The summed E-state index contributed by atoms with van der Waals surface area (Å²) >= 11 is 0. The minimum Gasteiger partial charge on any atom is -0.400 e. The van der Waals surface area contributed by atoms with Crippen molar-refractivity contribution in [2.45, 2.75) is 124 Å². The topological polar surface area (TPSA) is 41.5 Å². The Balaban J connectivity index is 0.000000506. The van der Waals surface area contributed by atoms with E-state index in [1.165, 1.54) is 68.9 Å². The molecule has 2 aliphatic carbocycles. The maximum Gasteiger partial charge on any atom is 0.0618 e. The summed E-state index contributed by atoms with van der Waals surface area (Å²) in [4.78, 5) is 0. The van der Waals surface area contributed by atoms with Gasteiger partial charge in [0.15, 0.2) is 0 Å². The van der Waals surface area contributed by atoms with Crippen molar-refractivity contribution in [3.05, 3.63) is 35.4 Å². The number of hydrogen-bond donors (Lipinski definition) is 2. The van der Waals surface area contributed by atoms with Gasteiger partial charge in [-0.05, 0) is 55.6 Å². The largest absolute Gasteiger partial charge is 0.400 e. The number of unbranched alkanes of at least 4 members (excludes halogenated alkanes) is 2. The zero-order chi connectivity index (χ0) is 23.5. The van der Waals surface area contributed by atoms with Gasteiger partial charge in [0, 0.05) is 25.8 Å².